The number of hydrogen-bond acceptors (Lipinski definition) is 3. The van der Waals surface area contributed by atoms with E-state index in [4.69, 9.17) is 21.4 Å². The molecule has 0 saturated heterocycles. The van der Waals surface area contributed by atoms with E-state index in [0.29, 0.717) is 17.3 Å². The van der Waals surface area contributed by atoms with Crippen LogP contribution in [0.25, 0.3) is 0 Å². The highest BCUT2D eigenvalue weighted by Gasteiger charge is 2.14. The highest BCUT2D eigenvalue weighted by molar-refractivity contribution is 6.33. The number of rotatable bonds is 5. The second kappa shape index (κ2) is 6.30. The van der Waals surface area contributed by atoms with Gasteiger partial charge in [-0.3, -0.25) is 0 Å². The smallest absolute Gasteiger partial charge is 0.339 e. The van der Waals surface area contributed by atoms with Crippen LogP contribution in [0.2, 0.25) is 5.02 Å². The number of carboxylic acid groups (broad SMARTS) is 1. The Hall–Kier alpha value is -2.20. The van der Waals surface area contributed by atoms with Crippen molar-refractivity contribution in [1.29, 1.82) is 0 Å². The molecule has 0 bridgehead atoms. The van der Waals surface area contributed by atoms with Crippen molar-refractivity contribution in [3.63, 3.8) is 0 Å². The van der Waals surface area contributed by atoms with Crippen LogP contribution in [0, 0.1) is 0 Å². The Balaban J connectivity index is 2.22. The van der Waals surface area contributed by atoms with Crippen molar-refractivity contribution in [3.8, 4) is 5.75 Å². The molecule has 2 rings (SSSR count). The molecule has 2 aromatic rings. The van der Waals surface area contributed by atoms with Gasteiger partial charge in [-0.25, -0.2) is 4.79 Å². The van der Waals surface area contributed by atoms with Crippen molar-refractivity contribution < 1.29 is 14.6 Å². The number of benzene rings is 2. The molecule has 0 unspecified atom stereocenters. The quantitative estimate of drug-likeness (QED) is 0.882. The standard InChI is InChI=1S/C15H14ClNO3/c1-20-14-8-13(12(16)7-11(14)15(18)19)17-9-10-5-3-2-4-6-10/h2-8,17H,9H2,1H3,(H,18,19). The van der Waals surface area contributed by atoms with Crippen LogP contribution in [0.1, 0.15) is 15.9 Å². The number of carboxylic acids is 1. The molecular formula is C15H14ClNO3. The Morgan fingerprint density at radius 3 is 2.60 bits per heavy atom. The fraction of sp³-hybridized carbons (Fsp3) is 0.133. The summed E-state index contributed by atoms with van der Waals surface area (Å²) in [6.45, 7) is 0.593. The van der Waals surface area contributed by atoms with Crippen LogP contribution in [0.5, 0.6) is 5.75 Å². The molecular weight excluding hydrogens is 278 g/mol. The van der Waals surface area contributed by atoms with E-state index in [0.717, 1.165) is 5.56 Å². The van der Waals surface area contributed by atoms with Gasteiger partial charge in [0.15, 0.2) is 0 Å². The molecule has 0 aliphatic rings. The van der Waals surface area contributed by atoms with Gasteiger partial charge in [0.25, 0.3) is 0 Å². The van der Waals surface area contributed by atoms with Gasteiger partial charge in [-0.1, -0.05) is 41.9 Å². The minimum absolute atomic E-state index is 0.0442. The van der Waals surface area contributed by atoms with Gasteiger partial charge in [0.1, 0.15) is 11.3 Å². The molecule has 104 valence electrons. The van der Waals surface area contributed by atoms with Crippen LogP contribution in [0.4, 0.5) is 5.69 Å². The van der Waals surface area contributed by atoms with Gasteiger partial charge in [-0.05, 0) is 11.6 Å². The third-order valence-electron chi connectivity index (χ3n) is 2.85. The topological polar surface area (TPSA) is 58.6 Å². The molecule has 0 amide bonds. The molecule has 0 aliphatic heterocycles. The minimum atomic E-state index is -1.07. The summed E-state index contributed by atoms with van der Waals surface area (Å²) < 4.78 is 5.07. The average molecular weight is 292 g/mol. The van der Waals surface area contributed by atoms with E-state index < -0.39 is 5.97 Å². The average Bonchev–Trinajstić information content (AvgIpc) is 2.46. The van der Waals surface area contributed by atoms with Crippen molar-refractivity contribution in [1.82, 2.24) is 0 Å². The highest BCUT2D eigenvalue weighted by atomic mass is 35.5. The molecule has 0 aliphatic carbocycles. The van der Waals surface area contributed by atoms with Gasteiger partial charge in [0.05, 0.1) is 17.8 Å². The van der Waals surface area contributed by atoms with Crippen LogP contribution in [-0.2, 0) is 6.54 Å². The Kier molecular flexibility index (Phi) is 4.48. The number of carbonyl (C=O) groups is 1. The maximum absolute atomic E-state index is 11.1. The second-order valence-electron chi connectivity index (χ2n) is 4.18. The van der Waals surface area contributed by atoms with Gasteiger partial charge in [-0.2, -0.15) is 0 Å². The van der Waals surface area contributed by atoms with Gasteiger partial charge in [-0.15, -0.1) is 0 Å². The number of anilines is 1. The highest BCUT2D eigenvalue weighted by Crippen LogP contribution is 2.31. The molecule has 0 atom stereocenters. The maximum Gasteiger partial charge on any atom is 0.339 e. The predicted molar refractivity (Wildman–Crippen MR) is 78.7 cm³/mol. The maximum atomic E-state index is 11.1. The largest absolute Gasteiger partial charge is 0.496 e. The molecule has 0 saturated carbocycles. The van der Waals surface area contributed by atoms with Crippen molar-refractivity contribution in [3.05, 3.63) is 58.6 Å². The summed E-state index contributed by atoms with van der Waals surface area (Å²) in [5, 5.41) is 12.6. The molecule has 0 heterocycles. The number of aromatic carboxylic acids is 1. The summed E-state index contributed by atoms with van der Waals surface area (Å²) >= 11 is 6.09. The van der Waals surface area contributed by atoms with E-state index >= 15 is 0 Å². The number of methoxy groups -OCH3 is 1. The molecule has 5 heteroatoms. The molecule has 2 aromatic carbocycles. The van der Waals surface area contributed by atoms with Gasteiger partial charge in [0, 0.05) is 12.6 Å². The normalized spacial score (nSPS) is 10.1. The molecule has 4 nitrogen and oxygen atoms in total. The minimum Gasteiger partial charge on any atom is -0.496 e. The Labute approximate surface area is 122 Å². The summed E-state index contributed by atoms with van der Waals surface area (Å²) in [7, 11) is 1.43. The lowest BCUT2D eigenvalue weighted by atomic mass is 10.1. The molecule has 0 spiro atoms. The van der Waals surface area contributed by atoms with E-state index in [-0.39, 0.29) is 11.3 Å². The predicted octanol–water partition coefficient (Wildman–Crippen LogP) is 3.66. The number of hydrogen-bond donors (Lipinski definition) is 2. The number of halogens is 1. The third kappa shape index (κ3) is 3.22. The zero-order valence-electron chi connectivity index (χ0n) is 10.9. The van der Waals surface area contributed by atoms with Crippen LogP contribution >= 0.6 is 11.6 Å². The molecule has 20 heavy (non-hydrogen) atoms. The van der Waals surface area contributed by atoms with E-state index in [9.17, 15) is 4.79 Å². The molecule has 0 fully saturated rings. The van der Waals surface area contributed by atoms with Crippen LogP contribution in [0.3, 0.4) is 0 Å². The lowest BCUT2D eigenvalue weighted by molar-refractivity contribution is 0.0693. The van der Waals surface area contributed by atoms with Crippen molar-refractivity contribution >= 4 is 23.3 Å². The van der Waals surface area contributed by atoms with E-state index in [1.54, 1.807) is 6.07 Å². The third-order valence-corrected chi connectivity index (χ3v) is 3.16. The van der Waals surface area contributed by atoms with Gasteiger partial charge in [0.2, 0.25) is 0 Å². The Bertz CT molecular complexity index is 614. The van der Waals surface area contributed by atoms with E-state index in [1.165, 1.54) is 13.2 Å². The van der Waals surface area contributed by atoms with Crippen LogP contribution in [-0.4, -0.2) is 18.2 Å². The fourth-order valence-corrected chi connectivity index (χ4v) is 2.05. The van der Waals surface area contributed by atoms with Crippen molar-refractivity contribution in [2.24, 2.45) is 0 Å². The first-order valence-electron chi connectivity index (χ1n) is 6.00. The van der Waals surface area contributed by atoms with E-state index in [1.807, 2.05) is 30.3 Å². The fourth-order valence-electron chi connectivity index (χ4n) is 1.82. The molecule has 0 radical (unpaired) electrons. The Morgan fingerprint density at radius 1 is 1.30 bits per heavy atom. The second-order valence-corrected chi connectivity index (χ2v) is 4.58. The monoisotopic (exact) mass is 291 g/mol. The summed E-state index contributed by atoms with van der Waals surface area (Å²) in [5.41, 5.74) is 1.78. The van der Waals surface area contributed by atoms with Gasteiger partial charge < -0.3 is 15.2 Å². The van der Waals surface area contributed by atoms with E-state index in [2.05, 4.69) is 5.32 Å². The lowest BCUT2D eigenvalue weighted by Crippen LogP contribution is -2.04. The molecule has 2 N–H and O–H groups in total. The summed E-state index contributed by atoms with van der Waals surface area (Å²) in [5.74, 6) is -0.796. The zero-order chi connectivity index (χ0) is 14.5. The summed E-state index contributed by atoms with van der Waals surface area (Å²) in [6, 6.07) is 12.8. The molecule has 0 aromatic heterocycles. The summed E-state index contributed by atoms with van der Waals surface area (Å²) in [6.07, 6.45) is 0. The van der Waals surface area contributed by atoms with Gasteiger partial charge >= 0.3 is 5.97 Å². The first-order valence-corrected chi connectivity index (χ1v) is 6.38. The zero-order valence-corrected chi connectivity index (χ0v) is 11.6. The number of ether oxygens (including phenoxy) is 1. The SMILES string of the molecule is COc1cc(NCc2ccccc2)c(Cl)cc1C(=O)O. The van der Waals surface area contributed by atoms with Crippen LogP contribution in [0.15, 0.2) is 42.5 Å². The van der Waals surface area contributed by atoms with Crippen molar-refractivity contribution in [2.45, 2.75) is 6.54 Å². The summed E-state index contributed by atoms with van der Waals surface area (Å²) in [4.78, 5) is 11.1. The first kappa shape index (κ1) is 14.2. The van der Waals surface area contributed by atoms with Crippen molar-refractivity contribution in [2.75, 3.05) is 12.4 Å². The Morgan fingerprint density at radius 2 is 2.00 bits per heavy atom. The lowest BCUT2D eigenvalue weighted by Gasteiger charge is -2.12. The first-order chi connectivity index (χ1) is 9.61. The van der Waals surface area contributed by atoms with Crippen LogP contribution < -0.4 is 10.1 Å². The number of nitrogens with one attached hydrogen (secondary N) is 1.